The minimum atomic E-state index is -0.999. The molecule has 3 aromatic rings. The van der Waals surface area contributed by atoms with Gasteiger partial charge in [0.25, 0.3) is 0 Å². The van der Waals surface area contributed by atoms with Gasteiger partial charge in [-0.15, -0.1) is 0 Å². The van der Waals surface area contributed by atoms with E-state index >= 15 is 0 Å². The van der Waals surface area contributed by atoms with Gasteiger partial charge < -0.3 is 14.6 Å². The fourth-order valence-corrected chi connectivity index (χ4v) is 3.25. The zero-order valence-electron chi connectivity index (χ0n) is 16.8. The van der Waals surface area contributed by atoms with Crippen molar-refractivity contribution in [2.75, 3.05) is 13.2 Å². The molecule has 0 aliphatic carbocycles. The molecule has 3 rings (SSSR count). The van der Waals surface area contributed by atoms with Gasteiger partial charge in [-0.2, -0.15) is 0 Å². The summed E-state index contributed by atoms with van der Waals surface area (Å²) in [6.45, 7) is 9.11. The normalized spacial score (nSPS) is 11.4. The average Bonchev–Trinajstić information content (AvgIpc) is 2.64. The monoisotopic (exact) mass is 378 g/mol. The Bertz CT molecular complexity index is 999. The van der Waals surface area contributed by atoms with Crippen molar-refractivity contribution in [1.29, 1.82) is 0 Å². The fraction of sp³-hybridized carbons (Fsp3) is 0.292. The standard InChI is InChI=1S/C24H26O4/c1-16-9-11-20(19(15-16)24(2,3)4)27-13-14-28-21-12-10-17-7-5-6-8-18(17)22(21)23(25)26/h5-12,15H,13-14H2,1-4H3,(H,25,26). The summed E-state index contributed by atoms with van der Waals surface area (Å²) in [7, 11) is 0. The minimum Gasteiger partial charge on any atom is -0.490 e. The molecule has 0 atom stereocenters. The highest BCUT2D eigenvalue weighted by atomic mass is 16.5. The van der Waals surface area contributed by atoms with Crippen molar-refractivity contribution in [3.63, 3.8) is 0 Å². The molecule has 0 aliphatic rings. The number of aromatic carboxylic acids is 1. The van der Waals surface area contributed by atoms with Crippen molar-refractivity contribution in [3.05, 3.63) is 71.3 Å². The first-order chi connectivity index (χ1) is 13.3. The van der Waals surface area contributed by atoms with Crippen molar-refractivity contribution >= 4 is 16.7 Å². The molecule has 0 fully saturated rings. The molecule has 0 radical (unpaired) electrons. The number of carbonyl (C=O) groups is 1. The Balaban J connectivity index is 1.73. The van der Waals surface area contributed by atoms with Crippen LogP contribution in [0.3, 0.4) is 0 Å². The Labute approximate surface area is 165 Å². The summed E-state index contributed by atoms with van der Waals surface area (Å²) in [4.78, 5) is 11.8. The highest BCUT2D eigenvalue weighted by Crippen LogP contribution is 2.32. The zero-order valence-corrected chi connectivity index (χ0v) is 16.8. The van der Waals surface area contributed by atoms with Crippen LogP contribution >= 0.6 is 0 Å². The molecule has 0 saturated carbocycles. The number of carboxylic acids is 1. The maximum atomic E-state index is 11.8. The fourth-order valence-electron chi connectivity index (χ4n) is 3.25. The SMILES string of the molecule is Cc1ccc(OCCOc2ccc3ccccc3c2C(=O)O)c(C(C)(C)C)c1. The molecule has 0 unspecified atom stereocenters. The van der Waals surface area contributed by atoms with Gasteiger partial charge in [0.05, 0.1) is 0 Å². The summed E-state index contributed by atoms with van der Waals surface area (Å²) < 4.78 is 11.7. The Hall–Kier alpha value is -3.01. The van der Waals surface area contributed by atoms with Crippen molar-refractivity contribution in [3.8, 4) is 11.5 Å². The number of aryl methyl sites for hydroxylation is 1. The van der Waals surface area contributed by atoms with E-state index in [4.69, 9.17) is 9.47 Å². The molecular formula is C24H26O4. The van der Waals surface area contributed by atoms with Crippen LogP contribution in [0.1, 0.15) is 42.3 Å². The highest BCUT2D eigenvalue weighted by Gasteiger charge is 2.19. The van der Waals surface area contributed by atoms with Crippen LogP contribution in [0, 0.1) is 6.92 Å². The van der Waals surface area contributed by atoms with Gasteiger partial charge in [-0.1, -0.05) is 68.8 Å². The molecule has 0 saturated heterocycles. The molecule has 3 aromatic carbocycles. The Morgan fingerprint density at radius 3 is 2.25 bits per heavy atom. The summed E-state index contributed by atoms with van der Waals surface area (Å²) in [5.74, 6) is 0.190. The first-order valence-corrected chi connectivity index (χ1v) is 9.39. The largest absolute Gasteiger partial charge is 0.490 e. The van der Waals surface area contributed by atoms with E-state index in [1.54, 1.807) is 12.1 Å². The second-order valence-corrected chi connectivity index (χ2v) is 7.91. The van der Waals surface area contributed by atoms with Crippen LogP contribution in [-0.4, -0.2) is 24.3 Å². The van der Waals surface area contributed by atoms with Gasteiger partial charge in [-0.3, -0.25) is 0 Å². The van der Waals surface area contributed by atoms with Crippen LogP contribution in [0.2, 0.25) is 0 Å². The molecule has 0 aromatic heterocycles. The molecule has 0 amide bonds. The average molecular weight is 378 g/mol. The maximum Gasteiger partial charge on any atom is 0.340 e. The van der Waals surface area contributed by atoms with Crippen molar-refractivity contribution < 1.29 is 19.4 Å². The molecule has 28 heavy (non-hydrogen) atoms. The van der Waals surface area contributed by atoms with E-state index in [1.807, 2.05) is 36.4 Å². The quantitative estimate of drug-likeness (QED) is 0.567. The van der Waals surface area contributed by atoms with Gasteiger partial charge in [0.2, 0.25) is 0 Å². The number of hydrogen-bond acceptors (Lipinski definition) is 3. The van der Waals surface area contributed by atoms with Crippen LogP contribution in [0.5, 0.6) is 11.5 Å². The van der Waals surface area contributed by atoms with Gasteiger partial charge in [-0.25, -0.2) is 4.79 Å². The van der Waals surface area contributed by atoms with Crippen LogP contribution in [-0.2, 0) is 5.41 Å². The van der Waals surface area contributed by atoms with Crippen molar-refractivity contribution in [2.24, 2.45) is 0 Å². The molecule has 0 spiro atoms. The first-order valence-electron chi connectivity index (χ1n) is 9.39. The van der Waals surface area contributed by atoms with E-state index in [0.29, 0.717) is 17.7 Å². The Kier molecular flexibility index (Phi) is 5.59. The first kappa shape index (κ1) is 19.7. The number of rotatable bonds is 6. The van der Waals surface area contributed by atoms with Crippen LogP contribution in [0.4, 0.5) is 0 Å². The molecule has 0 aliphatic heterocycles. The highest BCUT2D eigenvalue weighted by molar-refractivity contribution is 6.06. The predicted molar refractivity (Wildman–Crippen MR) is 112 cm³/mol. The summed E-state index contributed by atoms with van der Waals surface area (Å²) in [5.41, 5.74) is 2.49. The molecule has 0 bridgehead atoms. The third kappa shape index (κ3) is 4.28. The van der Waals surface area contributed by atoms with E-state index in [9.17, 15) is 9.90 Å². The second-order valence-electron chi connectivity index (χ2n) is 7.91. The van der Waals surface area contributed by atoms with Crippen LogP contribution in [0.25, 0.3) is 10.8 Å². The third-order valence-corrected chi connectivity index (χ3v) is 4.65. The number of ether oxygens (including phenoxy) is 2. The second kappa shape index (κ2) is 7.93. The van der Waals surface area contributed by atoms with E-state index in [0.717, 1.165) is 16.7 Å². The van der Waals surface area contributed by atoms with E-state index in [1.165, 1.54) is 5.56 Å². The predicted octanol–water partition coefficient (Wildman–Crippen LogP) is 5.60. The van der Waals surface area contributed by atoms with Crippen LogP contribution < -0.4 is 9.47 Å². The number of fused-ring (bicyclic) bond motifs is 1. The summed E-state index contributed by atoms with van der Waals surface area (Å²) in [6, 6.07) is 17.1. The number of carboxylic acid groups (broad SMARTS) is 1. The molecule has 4 nitrogen and oxygen atoms in total. The van der Waals surface area contributed by atoms with Gasteiger partial charge >= 0.3 is 5.97 Å². The van der Waals surface area contributed by atoms with E-state index in [2.05, 4.69) is 33.8 Å². The van der Waals surface area contributed by atoms with E-state index in [-0.39, 0.29) is 17.6 Å². The molecular weight excluding hydrogens is 352 g/mol. The Morgan fingerprint density at radius 1 is 0.929 bits per heavy atom. The summed E-state index contributed by atoms with van der Waals surface area (Å²) in [6.07, 6.45) is 0. The Morgan fingerprint density at radius 2 is 1.57 bits per heavy atom. The number of hydrogen-bond donors (Lipinski definition) is 1. The van der Waals surface area contributed by atoms with Gasteiger partial charge in [0, 0.05) is 0 Å². The van der Waals surface area contributed by atoms with Crippen molar-refractivity contribution in [1.82, 2.24) is 0 Å². The minimum absolute atomic E-state index is 0.0307. The molecule has 0 heterocycles. The lowest BCUT2D eigenvalue weighted by molar-refractivity contribution is 0.0693. The topological polar surface area (TPSA) is 55.8 Å². The van der Waals surface area contributed by atoms with Crippen LogP contribution in [0.15, 0.2) is 54.6 Å². The lowest BCUT2D eigenvalue weighted by Gasteiger charge is -2.23. The summed E-state index contributed by atoms with van der Waals surface area (Å²) >= 11 is 0. The van der Waals surface area contributed by atoms with Gasteiger partial charge in [0.1, 0.15) is 30.3 Å². The summed E-state index contributed by atoms with van der Waals surface area (Å²) in [5, 5.41) is 11.2. The van der Waals surface area contributed by atoms with Gasteiger partial charge in [-0.05, 0) is 40.8 Å². The lowest BCUT2D eigenvalue weighted by Crippen LogP contribution is -2.16. The lowest BCUT2D eigenvalue weighted by atomic mass is 9.85. The van der Waals surface area contributed by atoms with E-state index < -0.39 is 5.97 Å². The maximum absolute atomic E-state index is 11.8. The molecule has 146 valence electrons. The molecule has 1 N–H and O–H groups in total. The van der Waals surface area contributed by atoms with Gasteiger partial charge in [0.15, 0.2) is 0 Å². The smallest absolute Gasteiger partial charge is 0.340 e. The third-order valence-electron chi connectivity index (χ3n) is 4.65. The molecule has 4 heteroatoms. The van der Waals surface area contributed by atoms with Crippen molar-refractivity contribution in [2.45, 2.75) is 33.1 Å². The number of benzene rings is 3. The zero-order chi connectivity index (χ0) is 20.3.